The summed E-state index contributed by atoms with van der Waals surface area (Å²) in [5.41, 5.74) is 0.286. The molecule has 3 aromatic rings. The van der Waals surface area contributed by atoms with Gasteiger partial charge < -0.3 is 10.0 Å². The summed E-state index contributed by atoms with van der Waals surface area (Å²) in [5, 5.41) is 15.7. The second kappa shape index (κ2) is 10.7. The molecule has 11 heteroatoms. The average Bonchev–Trinajstić information content (AvgIpc) is 3.26. The van der Waals surface area contributed by atoms with Gasteiger partial charge in [0.15, 0.2) is 5.52 Å². The SMILES string of the molecule is Cn1nc2c(=O)n(CC3(O)CCN(C(=O)C[C@H](c4ccccc4)C(F)(F)F)CC3)cnc2c1C1CCCCC1. The van der Waals surface area contributed by atoms with Crippen molar-refractivity contribution >= 4 is 16.9 Å². The summed E-state index contributed by atoms with van der Waals surface area (Å²) >= 11 is 0. The molecule has 39 heavy (non-hydrogen) atoms. The molecule has 1 aromatic carbocycles. The molecule has 1 N–H and O–H groups in total. The molecule has 2 fully saturated rings. The summed E-state index contributed by atoms with van der Waals surface area (Å²) in [4.78, 5) is 32.0. The van der Waals surface area contributed by atoms with Crippen molar-refractivity contribution in [1.29, 1.82) is 0 Å². The van der Waals surface area contributed by atoms with Crippen LogP contribution in [0.5, 0.6) is 0 Å². The van der Waals surface area contributed by atoms with Gasteiger partial charge >= 0.3 is 6.18 Å². The lowest BCUT2D eigenvalue weighted by atomic mass is 9.86. The first-order valence-electron chi connectivity index (χ1n) is 13.6. The number of benzene rings is 1. The Kier molecular flexibility index (Phi) is 7.54. The summed E-state index contributed by atoms with van der Waals surface area (Å²) < 4.78 is 44.3. The van der Waals surface area contributed by atoms with Gasteiger partial charge in [0, 0.05) is 32.5 Å². The molecule has 0 spiro atoms. The Balaban J connectivity index is 1.26. The number of aryl methyl sites for hydroxylation is 1. The molecule has 1 aliphatic carbocycles. The van der Waals surface area contributed by atoms with Gasteiger partial charge in [-0.25, -0.2) is 4.98 Å². The third-order valence-electron chi connectivity index (χ3n) is 8.33. The Morgan fingerprint density at radius 1 is 1.10 bits per heavy atom. The van der Waals surface area contributed by atoms with Crippen LogP contribution >= 0.6 is 0 Å². The second-order valence-corrected chi connectivity index (χ2v) is 11.0. The predicted octanol–water partition coefficient (Wildman–Crippen LogP) is 4.27. The fraction of sp³-hybridized carbons (Fsp3) is 0.571. The number of alkyl halides is 3. The molecule has 0 unspecified atom stereocenters. The van der Waals surface area contributed by atoms with E-state index in [1.165, 1.54) is 46.5 Å². The van der Waals surface area contributed by atoms with Gasteiger partial charge in [-0.3, -0.25) is 18.8 Å². The number of amides is 1. The van der Waals surface area contributed by atoms with E-state index in [2.05, 4.69) is 10.1 Å². The van der Waals surface area contributed by atoms with E-state index < -0.39 is 30.0 Å². The number of aliphatic hydroxyl groups is 1. The van der Waals surface area contributed by atoms with Crippen molar-refractivity contribution in [2.24, 2.45) is 7.05 Å². The summed E-state index contributed by atoms with van der Waals surface area (Å²) in [6, 6.07) is 7.43. The van der Waals surface area contributed by atoms with Crippen LogP contribution in [0, 0.1) is 0 Å². The highest BCUT2D eigenvalue weighted by Crippen LogP contribution is 2.38. The molecule has 2 aliphatic rings. The Labute approximate surface area is 224 Å². The lowest BCUT2D eigenvalue weighted by Gasteiger charge is -2.39. The van der Waals surface area contributed by atoms with E-state index in [4.69, 9.17) is 0 Å². The fourth-order valence-electron chi connectivity index (χ4n) is 6.12. The molecule has 1 aliphatic heterocycles. The number of carbonyl (C=O) groups is 1. The van der Waals surface area contributed by atoms with E-state index >= 15 is 0 Å². The van der Waals surface area contributed by atoms with Gasteiger partial charge in [0.25, 0.3) is 5.56 Å². The number of likely N-dealkylation sites (tertiary alicyclic amines) is 1. The maximum absolute atomic E-state index is 13.7. The molecule has 0 radical (unpaired) electrons. The maximum atomic E-state index is 13.7. The Morgan fingerprint density at radius 3 is 2.41 bits per heavy atom. The molecule has 1 saturated heterocycles. The van der Waals surface area contributed by atoms with E-state index in [9.17, 15) is 27.9 Å². The normalized spacial score (nSPS) is 19.4. The highest BCUT2D eigenvalue weighted by atomic mass is 19.4. The highest BCUT2D eigenvalue weighted by molar-refractivity contribution is 5.77. The number of rotatable bonds is 6. The van der Waals surface area contributed by atoms with Crippen LogP contribution in [-0.4, -0.2) is 60.1 Å². The van der Waals surface area contributed by atoms with E-state index in [-0.39, 0.29) is 49.1 Å². The molecular weight excluding hydrogens is 511 g/mol. The zero-order valence-electron chi connectivity index (χ0n) is 22.0. The number of halogens is 3. The lowest BCUT2D eigenvalue weighted by Crippen LogP contribution is -2.50. The van der Waals surface area contributed by atoms with Gasteiger partial charge in [0.05, 0.1) is 30.1 Å². The number of aromatic nitrogens is 4. The number of piperidine rings is 1. The van der Waals surface area contributed by atoms with E-state index in [1.54, 1.807) is 10.7 Å². The topological polar surface area (TPSA) is 93.2 Å². The van der Waals surface area contributed by atoms with Crippen LogP contribution in [0.4, 0.5) is 13.2 Å². The van der Waals surface area contributed by atoms with Crippen LogP contribution in [0.15, 0.2) is 41.5 Å². The number of hydrogen-bond donors (Lipinski definition) is 1. The van der Waals surface area contributed by atoms with Crippen molar-refractivity contribution in [3.63, 3.8) is 0 Å². The smallest absolute Gasteiger partial charge is 0.388 e. The first-order chi connectivity index (χ1) is 18.6. The first kappa shape index (κ1) is 27.4. The van der Waals surface area contributed by atoms with Gasteiger partial charge in [0.2, 0.25) is 5.91 Å². The molecule has 1 amide bonds. The van der Waals surface area contributed by atoms with E-state index in [1.807, 2.05) is 7.05 Å². The minimum Gasteiger partial charge on any atom is -0.388 e. The average molecular weight is 546 g/mol. The summed E-state index contributed by atoms with van der Waals surface area (Å²) in [7, 11) is 1.83. The third-order valence-corrected chi connectivity index (χ3v) is 8.33. The predicted molar refractivity (Wildman–Crippen MR) is 139 cm³/mol. The Morgan fingerprint density at radius 2 is 1.77 bits per heavy atom. The fourth-order valence-corrected chi connectivity index (χ4v) is 6.12. The maximum Gasteiger partial charge on any atom is 0.396 e. The highest BCUT2D eigenvalue weighted by Gasteiger charge is 2.43. The molecular formula is C28H34F3N5O3. The molecule has 210 valence electrons. The van der Waals surface area contributed by atoms with Crippen LogP contribution in [0.25, 0.3) is 11.0 Å². The van der Waals surface area contributed by atoms with Gasteiger partial charge in [0.1, 0.15) is 5.52 Å². The second-order valence-electron chi connectivity index (χ2n) is 11.0. The monoisotopic (exact) mass is 545 g/mol. The molecule has 1 atom stereocenters. The Bertz CT molecular complexity index is 1370. The molecule has 8 nitrogen and oxygen atoms in total. The molecule has 3 heterocycles. The van der Waals surface area contributed by atoms with Crippen LogP contribution < -0.4 is 5.56 Å². The first-order valence-corrected chi connectivity index (χ1v) is 13.6. The van der Waals surface area contributed by atoms with E-state index in [0.717, 1.165) is 31.4 Å². The van der Waals surface area contributed by atoms with Crippen molar-refractivity contribution < 1.29 is 23.1 Å². The van der Waals surface area contributed by atoms with Gasteiger partial charge in [-0.15, -0.1) is 0 Å². The molecule has 2 aromatic heterocycles. The van der Waals surface area contributed by atoms with Gasteiger partial charge in [-0.05, 0) is 31.2 Å². The van der Waals surface area contributed by atoms with Crippen LogP contribution in [-0.2, 0) is 18.4 Å². The standard InChI is InChI=1S/C28H34F3N5O3/c1-34-25(20-10-6-3-7-11-20)23-24(33-34)26(38)36(18-32-23)17-27(39)12-14-35(15-13-27)22(37)16-21(28(29,30)31)19-8-4-2-5-9-19/h2,4-5,8-9,18,20-21,39H,3,6-7,10-17H2,1H3/t21-/m1/s1. The van der Waals surface area contributed by atoms with Crippen molar-refractivity contribution in [2.45, 2.75) is 81.5 Å². The molecule has 1 saturated carbocycles. The number of hydrogen-bond acceptors (Lipinski definition) is 5. The molecule has 5 rings (SSSR count). The largest absolute Gasteiger partial charge is 0.396 e. The summed E-state index contributed by atoms with van der Waals surface area (Å²) in [6.45, 7) is 0.185. The molecule has 0 bridgehead atoms. The van der Waals surface area contributed by atoms with Crippen molar-refractivity contribution in [1.82, 2.24) is 24.2 Å². The van der Waals surface area contributed by atoms with Crippen LogP contribution in [0.1, 0.15) is 74.5 Å². The zero-order chi connectivity index (χ0) is 27.8. The van der Waals surface area contributed by atoms with Crippen LogP contribution in [0.3, 0.4) is 0 Å². The minimum atomic E-state index is -4.55. The van der Waals surface area contributed by atoms with Crippen molar-refractivity contribution in [3.05, 3.63) is 58.3 Å². The number of nitrogens with zero attached hydrogens (tertiary/aromatic N) is 5. The summed E-state index contributed by atoms with van der Waals surface area (Å²) in [5.74, 6) is -2.17. The Hall–Kier alpha value is -3.21. The van der Waals surface area contributed by atoms with E-state index in [0.29, 0.717) is 11.4 Å². The zero-order valence-corrected chi connectivity index (χ0v) is 22.0. The number of carbonyl (C=O) groups excluding carboxylic acids is 1. The van der Waals surface area contributed by atoms with Gasteiger partial charge in [-0.1, -0.05) is 49.6 Å². The van der Waals surface area contributed by atoms with Gasteiger partial charge in [-0.2, -0.15) is 18.3 Å². The number of fused-ring (bicyclic) bond motifs is 1. The van der Waals surface area contributed by atoms with Crippen molar-refractivity contribution in [3.8, 4) is 0 Å². The minimum absolute atomic E-state index is 0.0265. The lowest BCUT2D eigenvalue weighted by molar-refractivity contribution is -0.162. The van der Waals surface area contributed by atoms with Crippen LogP contribution in [0.2, 0.25) is 0 Å². The third kappa shape index (κ3) is 5.73. The quantitative estimate of drug-likeness (QED) is 0.500. The summed E-state index contributed by atoms with van der Waals surface area (Å²) in [6.07, 6.45) is 2.08. The van der Waals surface area contributed by atoms with Crippen molar-refractivity contribution in [2.75, 3.05) is 13.1 Å².